The van der Waals surface area contributed by atoms with E-state index in [4.69, 9.17) is 0 Å². The summed E-state index contributed by atoms with van der Waals surface area (Å²) in [6, 6.07) is 8.51. The maximum absolute atomic E-state index is 11.4. The van der Waals surface area contributed by atoms with Gasteiger partial charge in [-0.25, -0.2) is 0 Å². The van der Waals surface area contributed by atoms with Crippen LogP contribution in [0.1, 0.15) is 44.7 Å². The number of hydrogen-bond donors (Lipinski definition) is 1. The molecule has 1 rings (SSSR count). The van der Waals surface area contributed by atoms with Gasteiger partial charge in [-0.05, 0) is 30.6 Å². The van der Waals surface area contributed by atoms with E-state index in [1.165, 1.54) is 5.56 Å². The van der Waals surface area contributed by atoms with Crippen molar-refractivity contribution in [3.63, 3.8) is 0 Å². The van der Waals surface area contributed by atoms with Crippen LogP contribution in [0, 0.1) is 0 Å². The van der Waals surface area contributed by atoms with Crippen molar-refractivity contribution in [2.24, 2.45) is 0 Å². The first-order chi connectivity index (χ1) is 9.19. The largest absolute Gasteiger partial charge is 0.352 e. The highest BCUT2D eigenvalue weighted by molar-refractivity contribution is 5.75. The summed E-state index contributed by atoms with van der Waals surface area (Å²) in [5.41, 5.74) is 2.49. The zero-order valence-electron chi connectivity index (χ0n) is 12.4. The summed E-state index contributed by atoms with van der Waals surface area (Å²) < 4.78 is 0. The third-order valence-electron chi connectivity index (χ3n) is 3.29. The minimum absolute atomic E-state index is 0.134. The summed E-state index contributed by atoms with van der Waals surface area (Å²) >= 11 is 0. The van der Waals surface area contributed by atoms with Crippen LogP contribution in [0.2, 0.25) is 0 Å². The molecule has 0 spiro atoms. The number of nitrogens with one attached hydrogen (secondary N) is 1. The first kappa shape index (κ1) is 15.7. The van der Waals surface area contributed by atoms with Gasteiger partial charge in [0.1, 0.15) is 0 Å². The summed E-state index contributed by atoms with van der Waals surface area (Å²) in [4.78, 5) is 13.8. The number of carbonyl (C=O) groups excluding carboxylic acids is 1. The van der Waals surface area contributed by atoms with Gasteiger partial charge in [0.2, 0.25) is 5.91 Å². The molecule has 3 nitrogen and oxygen atoms in total. The number of hydrogen-bond acceptors (Lipinski definition) is 2. The lowest BCUT2D eigenvalue weighted by Crippen LogP contribution is -2.23. The molecule has 0 fully saturated rings. The van der Waals surface area contributed by atoms with Crippen LogP contribution in [0.25, 0.3) is 0 Å². The Labute approximate surface area is 117 Å². The molecule has 0 saturated carbocycles. The first-order valence-electron chi connectivity index (χ1n) is 7.26. The molecule has 1 amide bonds. The van der Waals surface area contributed by atoms with Gasteiger partial charge in [0.05, 0.1) is 0 Å². The summed E-state index contributed by atoms with van der Waals surface area (Å²) in [6.07, 6.45) is 1.51. The Kier molecular flexibility index (Phi) is 7.19. The number of amides is 1. The van der Waals surface area contributed by atoms with Crippen LogP contribution in [0.15, 0.2) is 24.3 Å². The molecule has 0 bridgehead atoms. The molecule has 0 aliphatic rings. The van der Waals surface area contributed by atoms with Gasteiger partial charge in [-0.1, -0.05) is 45.0 Å². The van der Waals surface area contributed by atoms with Crippen molar-refractivity contribution in [1.29, 1.82) is 0 Å². The van der Waals surface area contributed by atoms with E-state index in [1.54, 1.807) is 0 Å². The molecule has 106 valence electrons. The molecule has 19 heavy (non-hydrogen) atoms. The molecule has 0 radical (unpaired) electrons. The summed E-state index contributed by atoms with van der Waals surface area (Å²) in [6.45, 7) is 10.2. The standard InChI is InChI=1S/C16H26N2O/c1-4-7-16(19)17-12-14-8-10-15(11-9-14)13-18(5-2)6-3/h8-11H,4-7,12-13H2,1-3H3,(H,17,19). The van der Waals surface area contributed by atoms with Gasteiger partial charge < -0.3 is 5.32 Å². The predicted molar refractivity (Wildman–Crippen MR) is 79.8 cm³/mol. The second-order valence-electron chi connectivity index (χ2n) is 4.80. The Morgan fingerprint density at radius 3 is 2.16 bits per heavy atom. The fraction of sp³-hybridized carbons (Fsp3) is 0.562. The Balaban J connectivity index is 2.45. The molecule has 1 aromatic rings. The molecule has 0 unspecified atom stereocenters. The Morgan fingerprint density at radius 2 is 1.63 bits per heavy atom. The van der Waals surface area contributed by atoms with E-state index in [0.717, 1.165) is 31.6 Å². The number of nitrogens with zero attached hydrogens (tertiary/aromatic N) is 1. The minimum Gasteiger partial charge on any atom is -0.352 e. The molecule has 0 atom stereocenters. The average molecular weight is 262 g/mol. The number of carbonyl (C=O) groups is 1. The van der Waals surface area contributed by atoms with E-state index >= 15 is 0 Å². The van der Waals surface area contributed by atoms with Crippen molar-refractivity contribution in [3.8, 4) is 0 Å². The van der Waals surface area contributed by atoms with Crippen LogP contribution < -0.4 is 5.32 Å². The van der Waals surface area contributed by atoms with Gasteiger partial charge in [0.25, 0.3) is 0 Å². The molecule has 0 saturated heterocycles. The zero-order valence-corrected chi connectivity index (χ0v) is 12.4. The molecule has 1 N–H and O–H groups in total. The van der Waals surface area contributed by atoms with E-state index in [-0.39, 0.29) is 5.91 Å². The van der Waals surface area contributed by atoms with Gasteiger partial charge in [-0.3, -0.25) is 9.69 Å². The van der Waals surface area contributed by atoms with Crippen LogP contribution in [0.4, 0.5) is 0 Å². The number of benzene rings is 1. The Bertz CT molecular complexity index is 369. The average Bonchev–Trinajstić information content (AvgIpc) is 2.44. The van der Waals surface area contributed by atoms with Crippen molar-refractivity contribution >= 4 is 5.91 Å². The summed E-state index contributed by atoms with van der Waals surface area (Å²) in [5.74, 6) is 0.134. The molecule has 0 aromatic heterocycles. The topological polar surface area (TPSA) is 32.3 Å². The van der Waals surface area contributed by atoms with Crippen LogP contribution in [0.5, 0.6) is 0 Å². The maximum atomic E-state index is 11.4. The van der Waals surface area contributed by atoms with Crippen molar-refractivity contribution in [3.05, 3.63) is 35.4 Å². The van der Waals surface area contributed by atoms with E-state index in [2.05, 4.69) is 48.3 Å². The molecule has 0 aliphatic carbocycles. The molecule has 3 heteroatoms. The highest BCUT2D eigenvalue weighted by Crippen LogP contribution is 2.07. The van der Waals surface area contributed by atoms with Gasteiger partial charge in [-0.2, -0.15) is 0 Å². The van der Waals surface area contributed by atoms with Gasteiger partial charge >= 0.3 is 0 Å². The van der Waals surface area contributed by atoms with E-state index < -0.39 is 0 Å². The molecular formula is C16H26N2O. The third-order valence-corrected chi connectivity index (χ3v) is 3.29. The first-order valence-corrected chi connectivity index (χ1v) is 7.26. The lowest BCUT2D eigenvalue weighted by Gasteiger charge is -2.18. The second kappa shape index (κ2) is 8.70. The fourth-order valence-corrected chi connectivity index (χ4v) is 1.98. The van der Waals surface area contributed by atoms with Crippen molar-refractivity contribution in [2.45, 2.75) is 46.7 Å². The molecule has 0 aliphatic heterocycles. The maximum Gasteiger partial charge on any atom is 0.220 e. The van der Waals surface area contributed by atoms with Crippen LogP contribution in [-0.4, -0.2) is 23.9 Å². The van der Waals surface area contributed by atoms with Crippen molar-refractivity contribution < 1.29 is 4.79 Å². The van der Waals surface area contributed by atoms with Gasteiger partial charge in [0.15, 0.2) is 0 Å². The lowest BCUT2D eigenvalue weighted by molar-refractivity contribution is -0.121. The third kappa shape index (κ3) is 5.88. The van der Waals surface area contributed by atoms with E-state index in [9.17, 15) is 4.79 Å². The summed E-state index contributed by atoms with van der Waals surface area (Å²) in [7, 11) is 0. The minimum atomic E-state index is 0.134. The normalized spacial score (nSPS) is 10.7. The summed E-state index contributed by atoms with van der Waals surface area (Å²) in [5, 5.41) is 2.93. The highest BCUT2D eigenvalue weighted by Gasteiger charge is 2.02. The predicted octanol–water partition coefficient (Wildman–Crippen LogP) is 2.94. The smallest absolute Gasteiger partial charge is 0.220 e. The van der Waals surface area contributed by atoms with Gasteiger partial charge in [0, 0.05) is 19.5 Å². The SMILES string of the molecule is CCCC(=O)NCc1ccc(CN(CC)CC)cc1. The molecule has 1 aromatic carbocycles. The molecular weight excluding hydrogens is 236 g/mol. The van der Waals surface area contributed by atoms with Crippen LogP contribution in [-0.2, 0) is 17.9 Å². The number of rotatable bonds is 8. The lowest BCUT2D eigenvalue weighted by atomic mass is 10.1. The van der Waals surface area contributed by atoms with Crippen LogP contribution in [0.3, 0.4) is 0 Å². The Hall–Kier alpha value is -1.35. The van der Waals surface area contributed by atoms with Crippen LogP contribution >= 0.6 is 0 Å². The van der Waals surface area contributed by atoms with E-state index in [1.807, 2.05) is 6.92 Å². The second-order valence-corrected chi connectivity index (χ2v) is 4.80. The van der Waals surface area contributed by atoms with Crippen molar-refractivity contribution in [2.75, 3.05) is 13.1 Å². The quantitative estimate of drug-likeness (QED) is 0.781. The Morgan fingerprint density at radius 1 is 1.05 bits per heavy atom. The van der Waals surface area contributed by atoms with E-state index in [0.29, 0.717) is 13.0 Å². The fourth-order valence-electron chi connectivity index (χ4n) is 1.98. The van der Waals surface area contributed by atoms with Crippen molar-refractivity contribution in [1.82, 2.24) is 10.2 Å². The zero-order chi connectivity index (χ0) is 14.1. The monoisotopic (exact) mass is 262 g/mol. The highest BCUT2D eigenvalue weighted by atomic mass is 16.1. The molecule has 0 heterocycles. The van der Waals surface area contributed by atoms with Gasteiger partial charge in [-0.15, -0.1) is 0 Å².